The summed E-state index contributed by atoms with van der Waals surface area (Å²) in [6, 6.07) is 5.67. The average molecular weight is 468 g/mol. The van der Waals surface area contributed by atoms with Crippen LogP contribution in [0.4, 0.5) is 5.69 Å². The maximum absolute atomic E-state index is 12.0. The number of carboxylic acid groups (broad SMARTS) is 1. The van der Waals surface area contributed by atoms with Crippen molar-refractivity contribution in [3.8, 4) is 0 Å². The second-order valence-corrected chi connectivity index (χ2v) is 8.64. The first-order chi connectivity index (χ1) is 11.3. The number of alkyl halides is 1. The Balaban J connectivity index is 2.42. The third kappa shape index (κ3) is 8.84. The second-order valence-electron chi connectivity index (χ2n) is 5.72. The van der Waals surface area contributed by atoms with Crippen LogP contribution in [0.25, 0.3) is 0 Å². The van der Waals surface area contributed by atoms with E-state index in [2.05, 4.69) is 27.3 Å². The molecule has 1 aromatic rings. The normalized spacial score (nSPS) is 12.8. The lowest BCUT2D eigenvalue weighted by atomic mass is 10.1. The van der Waals surface area contributed by atoms with Crippen molar-refractivity contribution in [1.82, 2.24) is 0 Å². The first kappa shape index (κ1) is 21.2. The van der Waals surface area contributed by atoms with Gasteiger partial charge in [-0.2, -0.15) is 0 Å². The highest BCUT2D eigenvalue weighted by Crippen LogP contribution is 2.14. The van der Waals surface area contributed by atoms with Crippen molar-refractivity contribution < 1.29 is 18.3 Å². The first-order valence-electron chi connectivity index (χ1n) is 7.98. The highest BCUT2D eigenvalue weighted by atomic mass is 127. The van der Waals surface area contributed by atoms with Gasteiger partial charge in [-0.3, -0.25) is 9.52 Å². The topological polar surface area (TPSA) is 109 Å². The molecule has 0 aromatic heterocycles. The van der Waals surface area contributed by atoms with Crippen molar-refractivity contribution in [2.75, 3.05) is 14.9 Å². The number of rotatable bonds is 12. The molecular weight excluding hydrogens is 443 g/mol. The molecule has 24 heavy (non-hydrogen) atoms. The van der Waals surface area contributed by atoms with Crippen LogP contribution in [0.2, 0.25) is 0 Å². The van der Waals surface area contributed by atoms with Gasteiger partial charge in [-0.1, -0.05) is 54.0 Å². The number of nitrogens with one attached hydrogen (secondary N) is 1. The van der Waals surface area contributed by atoms with E-state index in [0.29, 0.717) is 12.1 Å². The van der Waals surface area contributed by atoms with E-state index in [1.54, 1.807) is 24.3 Å². The molecule has 0 spiro atoms. The molecule has 4 N–H and O–H groups in total. The number of benzene rings is 1. The van der Waals surface area contributed by atoms with Gasteiger partial charge in [0.15, 0.2) is 0 Å². The molecule has 8 heteroatoms. The molecule has 0 aliphatic rings. The molecule has 136 valence electrons. The summed E-state index contributed by atoms with van der Waals surface area (Å²) in [4.78, 5) is 10.7. The number of hydrogen-bond donors (Lipinski definition) is 3. The van der Waals surface area contributed by atoms with Crippen LogP contribution in [0.15, 0.2) is 24.3 Å². The third-order valence-electron chi connectivity index (χ3n) is 3.55. The second kappa shape index (κ2) is 10.9. The van der Waals surface area contributed by atoms with Crippen molar-refractivity contribution in [3.05, 3.63) is 29.8 Å². The van der Waals surface area contributed by atoms with Crippen molar-refractivity contribution in [2.45, 2.75) is 44.6 Å². The molecule has 0 bridgehead atoms. The largest absolute Gasteiger partial charge is 0.480 e. The summed E-state index contributed by atoms with van der Waals surface area (Å²) in [6.07, 6.45) is 5.18. The first-order valence-corrected chi connectivity index (χ1v) is 11.2. The smallest absolute Gasteiger partial charge is 0.320 e. The van der Waals surface area contributed by atoms with Gasteiger partial charge in [0.1, 0.15) is 6.04 Å². The molecule has 1 atom stereocenters. The van der Waals surface area contributed by atoms with Crippen molar-refractivity contribution in [2.24, 2.45) is 5.73 Å². The Labute approximate surface area is 157 Å². The summed E-state index contributed by atoms with van der Waals surface area (Å²) in [6.45, 7) is 0. The summed E-state index contributed by atoms with van der Waals surface area (Å²) in [5.41, 5.74) is 6.71. The van der Waals surface area contributed by atoms with Gasteiger partial charge in [0.2, 0.25) is 10.0 Å². The Morgan fingerprint density at radius 3 is 2.29 bits per heavy atom. The van der Waals surface area contributed by atoms with Crippen LogP contribution in [0, 0.1) is 0 Å². The average Bonchev–Trinajstić information content (AvgIpc) is 2.52. The molecule has 0 fully saturated rings. The number of unbranched alkanes of at least 4 members (excludes halogenated alkanes) is 4. The van der Waals surface area contributed by atoms with Crippen LogP contribution in [0.5, 0.6) is 0 Å². The molecule has 1 aromatic carbocycles. The van der Waals surface area contributed by atoms with E-state index in [-0.39, 0.29) is 12.2 Å². The SMILES string of the molecule is N[C@@H](Cc1ccc(NS(=O)(=O)CCCCCCCI)cc1)C(=O)O. The van der Waals surface area contributed by atoms with E-state index in [9.17, 15) is 13.2 Å². The fourth-order valence-corrected chi connectivity index (χ4v) is 3.92. The van der Waals surface area contributed by atoms with Gasteiger partial charge in [0, 0.05) is 5.69 Å². The zero-order valence-electron chi connectivity index (χ0n) is 13.6. The number of sulfonamides is 1. The Hall–Kier alpha value is -0.870. The number of aliphatic carboxylic acids is 1. The lowest BCUT2D eigenvalue weighted by molar-refractivity contribution is -0.138. The Kier molecular flexibility index (Phi) is 9.60. The monoisotopic (exact) mass is 468 g/mol. The highest BCUT2D eigenvalue weighted by molar-refractivity contribution is 14.1. The van der Waals surface area contributed by atoms with Gasteiger partial charge in [0.05, 0.1) is 5.75 Å². The van der Waals surface area contributed by atoms with Crippen molar-refractivity contribution >= 4 is 44.3 Å². The van der Waals surface area contributed by atoms with E-state index in [0.717, 1.165) is 29.3 Å². The van der Waals surface area contributed by atoms with Crippen LogP contribution < -0.4 is 10.5 Å². The summed E-state index contributed by atoms with van der Waals surface area (Å²) < 4.78 is 27.8. The van der Waals surface area contributed by atoms with Gasteiger partial charge in [-0.25, -0.2) is 8.42 Å². The maximum atomic E-state index is 12.0. The molecule has 1 rings (SSSR count). The molecule has 0 saturated heterocycles. The van der Waals surface area contributed by atoms with Gasteiger partial charge in [-0.05, 0) is 41.4 Å². The van der Waals surface area contributed by atoms with Gasteiger partial charge in [0.25, 0.3) is 0 Å². The lowest BCUT2D eigenvalue weighted by Crippen LogP contribution is -2.32. The Bertz CT molecular complexity index is 605. The van der Waals surface area contributed by atoms with E-state index in [1.807, 2.05) is 0 Å². The van der Waals surface area contributed by atoms with Crippen LogP contribution in [-0.2, 0) is 21.2 Å². The van der Waals surface area contributed by atoms with Crippen LogP contribution in [0.3, 0.4) is 0 Å². The van der Waals surface area contributed by atoms with Gasteiger partial charge in [-0.15, -0.1) is 0 Å². The minimum Gasteiger partial charge on any atom is -0.480 e. The number of halogens is 1. The van der Waals surface area contributed by atoms with Gasteiger partial charge >= 0.3 is 5.97 Å². The van der Waals surface area contributed by atoms with Crippen LogP contribution >= 0.6 is 22.6 Å². The maximum Gasteiger partial charge on any atom is 0.320 e. The fourth-order valence-electron chi connectivity index (χ4n) is 2.20. The number of carboxylic acids is 1. The van der Waals surface area contributed by atoms with Gasteiger partial charge < -0.3 is 10.8 Å². The van der Waals surface area contributed by atoms with E-state index in [4.69, 9.17) is 10.8 Å². The Morgan fingerprint density at radius 2 is 1.71 bits per heavy atom. The zero-order valence-corrected chi connectivity index (χ0v) is 16.6. The number of nitrogens with two attached hydrogens (primary N) is 1. The van der Waals surface area contributed by atoms with E-state index in [1.165, 1.54) is 6.42 Å². The number of anilines is 1. The predicted molar refractivity (Wildman–Crippen MR) is 105 cm³/mol. The number of hydrogen-bond acceptors (Lipinski definition) is 4. The van der Waals surface area contributed by atoms with Crippen LogP contribution in [-0.4, -0.2) is 35.7 Å². The summed E-state index contributed by atoms with van der Waals surface area (Å²) >= 11 is 2.34. The fraction of sp³-hybridized carbons (Fsp3) is 0.562. The molecule has 0 aliphatic heterocycles. The van der Waals surface area contributed by atoms with E-state index < -0.39 is 22.0 Å². The molecule has 0 aliphatic carbocycles. The predicted octanol–water partition coefficient (Wildman–Crippen LogP) is 2.77. The molecule has 0 heterocycles. The molecule has 6 nitrogen and oxygen atoms in total. The molecule has 0 radical (unpaired) electrons. The Morgan fingerprint density at radius 1 is 1.12 bits per heavy atom. The summed E-state index contributed by atoms with van der Waals surface area (Å²) in [5.74, 6) is -0.943. The molecular formula is C16H25IN2O4S. The lowest BCUT2D eigenvalue weighted by Gasteiger charge is -2.10. The minimum absolute atomic E-state index is 0.114. The molecule has 0 amide bonds. The molecule has 0 unspecified atom stereocenters. The van der Waals surface area contributed by atoms with Crippen molar-refractivity contribution in [1.29, 1.82) is 0 Å². The summed E-state index contributed by atoms with van der Waals surface area (Å²) in [5, 5.41) is 8.78. The summed E-state index contributed by atoms with van der Waals surface area (Å²) in [7, 11) is -3.35. The quantitative estimate of drug-likeness (QED) is 0.248. The molecule has 0 saturated carbocycles. The third-order valence-corrected chi connectivity index (χ3v) is 5.68. The van der Waals surface area contributed by atoms with Crippen LogP contribution in [0.1, 0.15) is 37.7 Å². The standard InChI is InChI=1S/C16H25IN2O4S/c17-10-4-2-1-3-5-11-24(22,23)19-14-8-6-13(7-9-14)12-15(18)16(20)21/h6-9,15,19H,1-5,10-12,18H2,(H,20,21)/t15-/m0/s1. The van der Waals surface area contributed by atoms with Crippen molar-refractivity contribution in [3.63, 3.8) is 0 Å². The van der Waals surface area contributed by atoms with E-state index >= 15 is 0 Å². The minimum atomic E-state index is -3.35. The zero-order chi connectivity index (χ0) is 18.0. The highest BCUT2D eigenvalue weighted by Gasteiger charge is 2.13. The number of carbonyl (C=O) groups is 1.